The lowest BCUT2D eigenvalue weighted by atomic mass is 10.2. The van der Waals surface area contributed by atoms with Crippen molar-refractivity contribution in [3.63, 3.8) is 0 Å². The van der Waals surface area contributed by atoms with Gasteiger partial charge in [-0.3, -0.25) is 0 Å². The van der Waals surface area contributed by atoms with E-state index in [0.717, 1.165) is 32.1 Å². The smallest absolute Gasteiger partial charge is 0.194 e. The standard InChI is InChI=1S/C16H25N3S.HI/c1-4-17-15(18-12-14-8-6-5-7-9-14)19-10-11-20-16(2,3)13-19;/h5-9H,4,10-13H2,1-3H3,(H,17,18);1H. The number of hydrogen-bond acceptors (Lipinski definition) is 2. The molecule has 0 aromatic heterocycles. The molecule has 2 rings (SSSR count). The third-order valence-corrected chi connectivity index (χ3v) is 4.61. The normalized spacial score (nSPS) is 18.0. The molecule has 0 bridgehead atoms. The zero-order chi connectivity index (χ0) is 14.4. The van der Waals surface area contributed by atoms with Crippen LogP contribution in [0.5, 0.6) is 0 Å². The second-order valence-corrected chi connectivity index (χ2v) is 7.49. The van der Waals surface area contributed by atoms with Gasteiger partial charge in [0.2, 0.25) is 0 Å². The molecular weight excluding hydrogens is 393 g/mol. The number of halogens is 1. The highest BCUT2D eigenvalue weighted by Gasteiger charge is 2.28. The summed E-state index contributed by atoms with van der Waals surface area (Å²) < 4.78 is 0.307. The van der Waals surface area contributed by atoms with E-state index in [0.29, 0.717) is 4.75 Å². The van der Waals surface area contributed by atoms with Gasteiger partial charge in [-0.25, -0.2) is 4.99 Å². The number of aliphatic imine (C=N–C) groups is 1. The third kappa shape index (κ3) is 6.06. The molecule has 0 saturated carbocycles. The lowest BCUT2D eigenvalue weighted by molar-refractivity contribution is 0.376. The van der Waals surface area contributed by atoms with Gasteiger partial charge >= 0.3 is 0 Å². The first kappa shape index (κ1) is 18.6. The van der Waals surface area contributed by atoms with Gasteiger partial charge in [-0.2, -0.15) is 11.8 Å². The quantitative estimate of drug-likeness (QED) is 0.461. The van der Waals surface area contributed by atoms with Crippen LogP contribution in [0.4, 0.5) is 0 Å². The van der Waals surface area contributed by atoms with Crippen molar-refractivity contribution < 1.29 is 0 Å². The van der Waals surface area contributed by atoms with E-state index in [-0.39, 0.29) is 24.0 Å². The first-order valence-corrected chi connectivity index (χ1v) is 8.30. The average molecular weight is 419 g/mol. The molecule has 1 aromatic carbocycles. The average Bonchev–Trinajstić information content (AvgIpc) is 2.43. The fraction of sp³-hybridized carbons (Fsp3) is 0.562. The largest absolute Gasteiger partial charge is 0.357 e. The molecule has 0 radical (unpaired) electrons. The summed E-state index contributed by atoms with van der Waals surface area (Å²) in [6, 6.07) is 10.4. The molecule has 1 saturated heterocycles. The van der Waals surface area contributed by atoms with Gasteiger partial charge in [0.05, 0.1) is 6.54 Å². The minimum Gasteiger partial charge on any atom is -0.357 e. The fourth-order valence-corrected chi connectivity index (χ4v) is 3.48. The molecule has 1 aromatic rings. The number of hydrogen-bond donors (Lipinski definition) is 1. The Morgan fingerprint density at radius 2 is 2.05 bits per heavy atom. The van der Waals surface area contributed by atoms with E-state index >= 15 is 0 Å². The number of thioether (sulfide) groups is 1. The molecule has 118 valence electrons. The Labute approximate surface area is 150 Å². The van der Waals surface area contributed by atoms with Crippen LogP contribution < -0.4 is 5.32 Å². The first-order valence-electron chi connectivity index (χ1n) is 7.32. The fourth-order valence-electron chi connectivity index (χ4n) is 2.37. The van der Waals surface area contributed by atoms with Gasteiger partial charge in [0, 0.05) is 30.1 Å². The molecule has 1 heterocycles. The van der Waals surface area contributed by atoms with Crippen molar-refractivity contribution >= 4 is 41.7 Å². The van der Waals surface area contributed by atoms with E-state index in [1.807, 2.05) is 17.8 Å². The maximum absolute atomic E-state index is 4.80. The van der Waals surface area contributed by atoms with Crippen LogP contribution in [0.15, 0.2) is 35.3 Å². The predicted octanol–water partition coefficient (Wildman–Crippen LogP) is 3.60. The Kier molecular flexibility index (Phi) is 7.87. The predicted molar refractivity (Wildman–Crippen MR) is 105 cm³/mol. The highest BCUT2D eigenvalue weighted by atomic mass is 127. The monoisotopic (exact) mass is 419 g/mol. The number of rotatable bonds is 3. The van der Waals surface area contributed by atoms with Gasteiger partial charge in [-0.15, -0.1) is 24.0 Å². The summed E-state index contributed by atoms with van der Waals surface area (Å²) in [4.78, 5) is 7.19. The van der Waals surface area contributed by atoms with E-state index in [9.17, 15) is 0 Å². The van der Waals surface area contributed by atoms with Crippen LogP contribution in [-0.2, 0) is 6.54 Å². The van der Waals surface area contributed by atoms with E-state index in [1.54, 1.807) is 0 Å². The molecule has 0 aliphatic carbocycles. The Balaban J connectivity index is 0.00000220. The lowest BCUT2D eigenvalue weighted by Crippen LogP contribution is -2.50. The van der Waals surface area contributed by atoms with Crippen molar-refractivity contribution in [1.29, 1.82) is 0 Å². The topological polar surface area (TPSA) is 27.6 Å². The van der Waals surface area contributed by atoms with Gasteiger partial charge in [-0.1, -0.05) is 30.3 Å². The molecule has 0 atom stereocenters. The van der Waals surface area contributed by atoms with E-state index in [2.05, 4.69) is 55.3 Å². The van der Waals surface area contributed by atoms with Crippen molar-refractivity contribution in [3.8, 4) is 0 Å². The third-order valence-electron chi connectivity index (χ3n) is 3.31. The first-order chi connectivity index (χ1) is 9.61. The summed E-state index contributed by atoms with van der Waals surface area (Å²) in [5.74, 6) is 2.22. The highest BCUT2D eigenvalue weighted by Crippen LogP contribution is 2.29. The maximum atomic E-state index is 4.80. The number of benzene rings is 1. The van der Waals surface area contributed by atoms with Crippen LogP contribution in [0.2, 0.25) is 0 Å². The number of guanidine groups is 1. The van der Waals surface area contributed by atoms with Crippen LogP contribution >= 0.6 is 35.7 Å². The van der Waals surface area contributed by atoms with Crippen molar-refractivity contribution in [3.05, 3.63) is 35.9 Å². The van der Waals surface area contributed by atoms with Gasteiger partial charge in [0.1, 0.15) is 0 Å². The van der Waals surface area contributed by atoms with E-state index in [4.69, 9.17) is 4.99 Å². The molecule has 0 unspecified atom stereocenters. The molecule has 0 spiro atoms. The molecule has 3 nitrogen and oxygen atoms in total. The van der Waals surface area contributed by atoms with E-state index in [1.165, 1.54) is 11.3 Å². The van der Waals surface area contributed by atoms with Crippen LogP contribution in [-0.4, -0.2) is 41.0 Å². The summed E-state index contributed by atoms with van der Waals surface area (Å²) in [6.45, 7) is 10.5. The minimum absolute atomic E-state index is 0. The number of nitrogens with zero attached hydrogens (tertiary/aromatic N) is 2. The Morgan fingerprint density at radius 1 is 1.33 bits per heavy atom. The molecule has 21 heavy (non-hydrogen) atoms. The van der Waals surface area contributed by atoms with Gasteiger partial charge in [0.15, 0.2) is 5.96 Å². The molecule has 1 aliphatic rings. The Hall–Kier alpha value is -0.430. The van der Waals surface area contributed by atoms with Crippen molar-refractivity contribution in [2.24, 2.45) is 4.99 Å². The van der Waals surface area contributed by atoms with Gasteiger partial charge in [0.25, 0.3) is 0 Å². The zero-order valence-corrected chi connectivity index (χ0v) is 16.3. The Bertz CT molecular complexity index is 448. The minimum atomic E-state index is 0. The maximum Gasteiger partial charge on any atom is 0.194 e. The van der Waals surface area contributed by atoms with Gasteiger partial charge in [-0.05, 0) is 26.3 Å². The summed E-state index contributed by atoms with van der Waals surface area (Å²) >= 11 is 2.05. The van der Waals surface area contributed by atoms with Crippen LogP contribution in [0.25, 0.3) is 0 Å². The number of nitrogens with one attached hydrogen (secondary N) is 1. The van der Waals surface area contributed by atoms with Crippen molar-refractivity contribution in [2.75, 3.05) is 25.4 Å². The molecule has 5 heteroatoms. The SMILES string of the molecule is CCNC(=NCc1ccccc1)N1CCSC(C)(C)C1.I. The molecule has 1 fully saturated rings. The summed E-state index contributed by atoms with van der Waals surface area (Å²) in [7, 11) is 0. The summed E-state index contributed by atoms with van der Waals surface area (Å²) in [5.41, 5.74) is 1.26. The van der Waals surface area contributed by atoms with Crippen LogP contribution in [0, 0.1) is 0 Å². The van der Waals surface area contributed by atoms with E-state index < -0.39 is 0 Å². The molecule has 1 N–H and O–H groups in total. The molecular formula is C16H26IN3S. The summed E-state index contributed by atoms with van der Waals surface area (Å²) in [6.07, 6.45) is 0. The second kappa shape index (κ2) is 8.88. The highest BCUT2D eigenvalue weighted by molar-refractivity contribution is 14.0. The van der Waals surface area contributed by atoms with Crippen molar-refractivity contribution in [2.45, 2.75) is 32.1 Å². The Morgan fingerprint density at radius 3 is 2.67 bits per heavy atom. The van der Waals surface area contributed by atoms with Crippen molar-refractivity contribution in [1.82, 2.24) is 10.2 Å². The zero-order valence-electron chi connectivity index (χ0n) is 13.1. The molecule has 0 amide bonds. The molecule has 1 aliphatic heterocycles. The lowest BCUT2D eigenvalue weighted by Gasteiger charge is -2.39. The second-order valence-electron chi connectivity index (χ2n) is 5.69. The van der Waals surface area contributed by atoms with Gasteiger partial charge < -0.3 is 10.2 Å². The summed E-state index contributed by atoms with van der Waals surface area (Å²) in [5, 5.41) is 3.43. The van der Waals surface area contributed by atoms with Crippen LogP contribution in [0.3, 0.4) is 0 Å². The van der Waals surface area contributed by atoms with Crippen LogP contribution in [0.1, 0.15) is 26.3 Å².